The Morgan fingerprint density at radius 3 is 2.55 bits per heavy atom. The van der Waals surface area contributed by atoms with E-state index in [0.717, 1.165) is 24.2 Å². The Balaban J connectivity index is 1.49. The number of methoxy groups -OCH3 is 1. The summed E-state index contributed by atoms with van der Waals surface area (Å²) in [6.07, 6.45) is 1.84. The van der Waals surface area contributed by atoms with Crippen LogP contribution in [-0.4, -0.2) is 39.5 Å². The maximum absolute atomic E-state index is 12.5. The van der Waals surface area contributed by atoms with E-state index in [4.69, 9.17) is 4.74 Å². The molecule has 0 aliphatic carbocycles. The van der Waals surface area contributed by atoms with E-state index in [0.29, 0.717) is 11.0 Å². The van der Waals surface area contributed by atoms with Crippen molar-refractivity contribution < 1.29 is 9.53 Å². The molecule has 0 aliphatic heterocycles. The Morgan fingerprint density at radius 2 is 1.86 bits per heavy atom. The van der Waals surface area contributed by atoms with Crippen molar-refractivity contribution in [3.05, 3.63) is 60.2 Å². The highest BCUT2D eigenvalue weighted by molar-refractivity contribution is 8.00. The number of benzene rings is 2. The molecule has 6 nitrogen and oxygen atoms in total. The molecule has 0 fully saturated rings. The number of aromatic amines is 1. The molecule has 0 spiro atoms. The van der Waals surface area contributed by atoms with E-state index in [9.17, 15) is 4.79 Å². The number of thioether (sulfide) groups is 1. The summed E-state index contributed by atoms with van der Waals surface area (Å²) in [4.78, 5) is 17.0. The van der Waals surface area contributed by atoms with Crippen LogP contribution < -0.4 is 10.1 Å². The van der Waals surface area contributed by atoms with Crippen molar-refractivity contribution in [2.75, 3.05) is 7.11 Å². The van der Waals surface area contributed by atoms with E-state index in [1.165, 1.54) is 17.3 Å². The van der Waals surface area contributed by atoms with Crippen LogP contribution >= 0.6 is 11.8 Å². The van der Waals surface area contributed by atoms with Crippen LogP contribution in [0.2, 0.25) is 0 Å². The molecule has 3 aromatic rings. The number of hydrogen-bond donors (Lipinski definition) is 2. The topological polar surface area (TPSA) is 79.9 Å². The van der Waals surface area contributed by atoms with E-state index in [1.54, 1.807) is 7.11 Å². The van der Waals surface area contributed by atoms with Crippen LogP contribution in [0.4, 0.5) is 0 Å². The van der Waals surface area contributed by atoms with Crippen LogP contribution in [-0.2, 0) is 11.2 Å². The number of aromatic nitrogens is 3. The van der Waals surface area contributed by atoms with E-state index in [1.807, 2.05) is 56.3 Å². The summed E-state index contributed by atoms with van der Waals surface area (Å²) in [5.74, 6) is 1.44. The molecule has 2 atom stereocenters. The lowest BCUT2D eigenvalue weighted by Gasteiger charge is -2.16. The maximum atomic E-state index is 12.5. The number of carbonyl (C=O) groups is 1. The molecule has 0 saturated carbocycles. The summed E-state index contributed by atoms with van der Waals surface area (Å²) in [7, 11) is 1.63. The Kier molecular flexibility index (Phi) is 7.30. The fourth-order valence-electron chi connectivity index (χ4n) is 2.85. The number of amides is 1. The zero-order valence-corrected chi connectivity index (χ0v) is 17.7. The summed E-state index contributed by atoms with van der Waals surface area (Å²) in [6, 6.07) is 18.0. The Hall–Kier alpha value is -2.80. The van der Waals surface area contributed by atoms with Gasteiger partial charge in [-0.05, 0) is 56.5 Å². The first-order valence-corrected chi connectivity index (χ1v) is 10.5. The third-order valence-corrected chi connectivity index (χ3v) is 5.54. The van der Waals surface area contributed by atoms with Gasteiger partial charge >= 0.3 is 0 Å². The highest BCUT2D eigenvalue weighted by atomic mass is 32.2. The van der Waals surface area contributed by atoms with Gasteiger partial charge in [-0.1, -0.05) is 42.1 Å². The number of rotatable bonds is 9. The fraction of sp³-hybridized carbons (Fsp3) is 0.318. The molecule has 0 aliphatic rings. The van der Waals surface area contributed by atoms with Gasteiger partial charge in [-0.2, -0.15) is 0 Å². The molecule has 1 heterocycles. The van der Waals surface area contributed by atoms with Crippen molar-refractivity contribution in [3.63, 3.8) is 0 Å². The molecule has 29 heavy (non-hydrogen) atoms. The van der Waals surface area contributed by atoms with Crippen molar-refractivity contribution in [1.29, 1.82) is 0 Å². The molecule has 0 unspecified atom stereocenters. The Morgan fingerprint density at radius 1 is 1.14 bits per heavy atom. The molecular weight excluding hydrogens is 384 g/mol. The predicted octanol–water partition coefficient (Wildman–Crippen LogP) is 4.10. The first kappa shape index (κ1) is 20.9. The molecule has 3 rings (SSSR count). The van der Waals surface area contributed by atoms with Crippen LogP contribution in [0.5, 0.6) is 5.75 Å². The highest BCUT2D eigenvalue weighted by Gasteiger charge is 2.19. The number of H-pyrrole nitrogens is 1. The van der Waals surface area contributed by atoms with Crippen LogP contribution in [0, 0.1) is 0 Å². The van der Waals surface area contributed by atoms with Gasteiger partial charge in [0, 0.05) is 11.6 Å². The van der Waals surface area contributed by atoms with Gasteiger partial charge in [0.25, 0.3) is 0 Å². The van der Waals surface area contributed by atoms with Gasteiger partial charge in [0.05, 0.1) is 12.4 Å². The SMILES string of the molecule is COc1ccc(-c2nc(S[C@@H](C)C(=O)N[C@@H](C)CCc3ccccc3)n[nH]2)cc1. The summed E-state index contributed by atoms with van der Waals surface area (Å²) >= 11 is 1.34. The second-order valence-electron chi connectivity index (χ2n) is 6.89. The summed E-state index contributed by atoms with van der Waals surface area (Å²) in [5, 5.41) is 10.5. The molecule has 0 bridgehead atoms. The average molecular weight is 411 g/mol. The van der Waals surface area contributed by atoms with Gasteiger partial charge in [-0.15, -0.1) is 5.10 Å². The van der Waals surface area contributed by atoms with E-state index in [-0.39, 0.29) is 17.2 Å². The first-order chi connectivity index (χ1) is 14.0. The number of nitrogens with one attached hydrogen (secondary N) is 2. The van der Waals surface area contributed by atoms with Gasteiger partial charge < -0.3 is 10.1 Å². The lowest BCUT2D eigenvalue weighted by Crippen LogP contribution is -2.37. The molecule has 0 radical (unpaired) electrons. The van der Waals surface area contributed by atoms with Crippen molar-refractivity contribution in [1.82, 2.24) is 20.5 Å². The standard InChI is InChI=1S/C22H26N4O2S/c1-15(9-10-17-7-5-4-6-8-17)23-21(27)16(2)29-22-24-20(25-26-22)18-11-13-19(28-3)14-12-18/h4-8,11-16H,9-10H2,1-3H3,(H,23,27)(H,24,25,26)/t15-,16-/m0/s1. The van der Waals surface area contributed by atoms with E-state index < -0.39 is 0 Å². The second-order valence-corrected chi connectivity index (χ2v) is 8.20. The molecule has 0 saturated heterocycles. The molecule has 1 amide bonds. The average Bonchev–Trinajstić information content (AvgIpc) is 3.21. The third kappa shape index (κ3) is 6.09. The van der Waals surface area contributed by atoms with Gasteiger partial charge in [0.1, 0.15) is 5.75 Å². The number of hydrogen-bond acceptors (Lipinski definition) is 5. The van der Waals surface area contributed by atoms with Crippen LogP contribution in [0.1, 0.15) is 25.8 Å². The molecule has 2 N–H and O–H groups in total. The van der Waals surface area contributed by atoms with Crippen molar-refractivity contribution in [3.8, 4) is 17.1 Å². The number of nitrogens with zero attached hydrogens (tertiary/aromatic N) is 2. The van der Waals surface area contributed by atoms with Crippen LogP contribution in [0.3, 0.4) is 0 Å². The summed E-state index contributed by atoms with van der Waals surface area (Å²) in [6.45, 7) is 3.90. The number of carbonyl (C=O) groups excluding carboxylic acids is 1. The number of aryl methyl sites for hydroxylation is 1. The largest absolute Gasteiger partial charge is 0.497 e. The fourth-order valence-corrected chi connectivity index (χ4v) is 3.58. The van der Waals surface area contributed by atoms with E-state index >= 15 is 0 Å². The van der Waals surface area contributed by atoms with Gasteiger partial charge in [0.15, 0.2) is 5.82 Å². The smallest absolute Gasteiger partial charge is 0.233 e. The zero-order chi connectivity index (χ0) is 20.6. The van der Waals surface area contributed by atoms with Crippen LogP contribution in [0.25, 0.3) is 11.4 Å². The molecule has 2 aromatic carbocycles. The highest BCUT2D eigenvalue weighted by Crippen LogP contribution is 2.24. The van der Waals surface area contributed by atoms with Crippen molar-refractivity contribution in [2.24, 2.45) is 0 Å². The Bertz CT molecular complexity index is 912. The third-order valence-electron chi connectivity index (χ3n) is 4.58. The van der Waals surface area contributed by atoms with Crippen LogP contribution in [0.15, 0.2) is 59.8 Å². The molecule has 1 aromatic heterocycles. The minimum Gasteiger partial charge on any atom is -0.497 e. The van der Waals surface area contributed by atoms with Crippen molar-refractivity contribution >= 4 is 17.7 Å². The monoisotopic (exact) mass is 410 g/mol. The second kappa shape index (κ2) is 10.1. The quantitative estimate of drug-likeness (QED) is 0.519. The maximum Gasteiger partial charge on any atom is 0.233 e. The number of ether oxygens (including phenoxy) is 1. The predicted molar refractivity (Wildman–Crippen MR) is 116 cm³/mol. The lowest BCUT2D eigenvalue weighted by atomic mass is 10.1. The lowest BCUT2D eigenvalue weighted by molar-refractivity contribution is -0.120. The summed E-state index contributed by atoms with van der Waals surface area (Å²) in [5.41, 5.74) is 2.19. The van der Waals surface area contributed by atoms with Crippen molar-refractivity contribution in [2.45, 2.75) is 43.1 Å². The zero-order valence-electron chi connectivity index (χ0n) is 16.9. The molecule has 152 valence electrons. The summed E-state index contributed by atoms with van der Waals surface area (Å²) < 4.78 is 5.17. The first-order valence-electron chi connectivity index (χ1n) is 9.63. The minimum absolute atomic E-state index is 0.00800. The van der Waals surface area contributed by atoms with Gasteiger partial charge in [0.2, 0.25) is 11.1 Å². The van der Waals surface area contributed by atoms with Gasteiger partial charge in [-0.25, -0.2) is 4.98 Å². The normalized spacial score (nSPS) is 12.9. The minimum atomic E-state index is -0.284. The molecule has 7 heteroatoms. The Labute approximate surface area is 175 Å². The van der Waals surface area contributed by atoms with E-state index in [2.05, 4.69) is 32.6 Å². The van der Waals surface area contributed by atoms with Gasteiger partial charge in [-0.3, -0.25) is 9.89 Å². The molecular formula is C22H26N4O2S.